The molecule has 0 atom stereocenters. The number of hydrogen-bond acceptors (Lipinski definition) is 3. The van der Waals surface area contributed by atoms with Crippen LogP contribution in [-0.4, -0.2) is 5.91 Å². The third kappa shape index (κ3) is 2.42. The van der Waals surface area contributed by atoms with Gasteiger partial charge < -0.3 is 15.5 Å². The third-order valence-corrected chi connectivity index (χ3v) is 2.62. The summed E-state index contributed by atoms with van der Waals surface area (Å²) in [6.45, 7) is 1.79. The van der Waals surface area contributed by atoms with Crippen molar-refractivity contribution in [2.45, 2.75) is 6.92 Å². The second-order valence-electron chi connectivity index (χ2n) is 3.63. The van der Waals surface area contributed by atoms with Gasteiger partial charge in [0, 0.05) is 11.3 Å². The molecule has 4 nitrogen and oxygen atoms in total. The van der Waals surface area contributed by atoms with Gasteiger partial charge in [-0.25, -0.2) is 0 Å². The molecule has 17 heavy (non-hydrogen) atoms. The summed E-state index contributed by atoms with van der Waals surface area (Å²) in [5.74, 6) is -0.0583. The van der Waals surface area contributed by atoms with E-state index in [0.717, 1.165) is 5.56 Å². The van der Waals surface area contributed by atoms with Gasteiger partial charge in [0.1, 0.15) is 0 Å². The zero-order chi connectivity index (χ0) is 12.4. The monoisotopic (exact) mass is 250 g/mol. The number of nitrogens with two attached hydrogens (primary N) is 1. The minimum absolute atomic E-state index is 0.276. The van der Waals surface area contributed by atoms with Crippen LogP contribution in [0.25, 0.3) is 0 Å². The minimum atomic E-state index is -0.334. The molecular weight excluding hydrogens is 240 g/mol. The largest absolute Gasteiger partial charge is 0.459 e. The Labute approximate surface area is 103 Å². The Hall–Kier alpha value is -1.94. The molecule has 3 N–H and O–H groups in total. The molecule has 2 rings (SSSR count). The number of benzene rings is 1. The van der Waals surface area contributed by atoms with Crippen LogP contribution in [0, 0.1) is 6.92 Å². The van der Waals surface area contributed by atoms with Crippen LogP contribution in [-0.2, 0) is 0 Å². The van der Waals surface area contributed by atoms with Crippen LogP contribution in [0.5, 0.6) is 0 Å². The van der Waals surface area contributed by atoms with Crippen molar-refractivity contribution in [1.29, 1.82) is 0 Å². The molecule has 0 spiro atoms. The molecule has 0 aliphatic rings. The predicted molar refractivity (Wildman–Crippen MR) is 67.3 cm³/mol. The number of furan rings is 1. The van der Waals surface area contributed by atoms with Gasteiger partial charge in [-0.05, 0) is 31.2 Å². The average molecular weight is 251 g/mol. The molecule has 1 aromatic heterocycles. The zero-order valence-corrected chi connectivity index (χ0v) is 9.91. The van der Waals surface area contributed by atoms with Crippen molar-refractivity contribution < 1.29 is 9.21 Å². The van der Waals surface area contributed by atoms with E-state index >= 15 is 0 Å². The quantitative estimate of drug-likeness (QED) is 0.805. The smallest absolute Gasteiger partial charge is 0.291 e. The maximum atomic E-state index is 11.8. The maximum Gasteiger partial charge on any atom is 0.291 e. The maximum absolute atomic E-state index is 11.8. The third-order valence-electron chi connectivity index (χ3n) is 2.31. The highest BCUT2D eigenvalue weighted by molar-refractivity contribution is 6.34. The highest BCUT2D eigenvalue weighted by Crippen LogP contribution is 2.24. The Morgan fingerprint density at radius 1 is 1.41 bits per heavy atom. The number of nitrogens with one attached hydrogen (secondary N) is 1. The molecule has 0 bridgehead atoms. The SMILES string of the molecule is Cc1ccoc1C(=O)Nc1ccc(N)cc1Cl. The van der Waals surface area contributed by atoms with Crippen LogP contribution in [0.3, 0.4) is 0 Å². The number of amides is 1. The lowest BCUT2D eigenvalue weighted by Gasteiger charge is -2.06. The van der Waals surface area contributed by atoms with E-state index in [1.807, 2.05) is 0 Å². The average Bonchev–Trinajstić information content (AvgIpc) is 2.68. The number of nitrogen functional groups attached to an aromatic ring is 1. The summed E-state index contributed by atoms with van der Waals surface area (Å²) in [5, 5.41) is 3.05. The topological polar surface area (TPSA) is 68.3 Å². The molecule has 1 aromatic carbocycles. The van der Waals surface area contributed by atoms with Gasteiger partial charge in [0.2, 0.25) is 0 Å². The summed E-state index contributed by atoms with van der Waals surface area (Å²) < 4.78 is 5.08. The van der Waals surface area contributed by atoms with E-state index in [4.69, 9.17) is 21.8 Å². The molecule has 0 saturated carbocycles. The van der Waals surface area contributed by atoms with Crippen LogP contribution in [0.2, 0.25) is 5.02 Å². The Morgan fingerprint density at radius 3 is 2.76 bits per heavy atom. The Morgan fingerprint density at radius 2 is 2.18 bits per heavy atom. The molecule has 5 heteroatoms. The van der Waals surface area contributed by atoms with Gasteiger partial charge in [-0.3, -0.25) is 4.79 Å². The van der Waals surface area contributed by atoms with Crippen LogP contribution in [0.1, 0.15) is 16.1 Å². The van der Waals surface area contributed by atoms with E-state index in [-0.39, 0.29) is 11.7 Å². The van der Waals surface area contributed by atoms with Crippen molar-refractivity contribution in [3.63, 3.8) is 0 Å². The molecule has 0 aliphatic carbocycles. The van der Waals surface area contributed by atoms with E-state index in [1.54, 1.807) is 31.2 Å². The van der Waals surface area contributed by atoms with Gasteiger partial charge in [0.15, 0.2) is 5.76 Å². The van der Waals surface area contributed by atoms with Crippen molar-refractivity contribution in [2.75, 3.05) is 11.1 Å². The molecule has 0 aliphatic heterocycles. The summed E-state index contributed by atoms with van der Waals surface area (Å²) in [6.07, 6.45) is 1.47. The van der Waals surface area contributed by atoms with Crippen molar-refractivity contribution >= 4 is 28.9 Å². The number of anilines is 2. The molecule has 0 unspecified atom stereocenters. The van der Waals surface area contributed by atoms with Crippen LogP contribution in [0.15, 0.2) is 34.9 Å². The molecular formula is C12H11ClN2O2. The van der Waals surface area contributed by atoms with E-state index in [1.165, 1.54) is 6.26 Å². The Balaban J connectivity index is 2.22. The first-order valence-electron chi connectivity index (χ1n) is 4.98. The Bertz CT molecular complexity index is 563. The molecule has 0 saturated heterocycles. The number of hydrogen-bond donors (Lipinski definition) is 2. The lowest BCUT2D eigenvalue weighted by atomic mass is 10.2. The van der Waals surface area contributed by atoms with Gasteiger partial charge in [-0.2, -0.15) is 0 Å². The molecule has 2 aromatic rings. The number of carbonyl (C=O) groups excluding carboxylic acids is 1. The van der Waals surface area contributed by atoms with Gasteiger partial charge in [-0.15, -0.1) is 0 Å². The van der Waals surface area contributed by atoms with E-state index in [9.17, 15) is 4.79 Å². The van der Waals surface area contributed by atoms with Crippen molar-refractivity contribution in [3.05, 3.63) is 46.9 Å². The standard InChI is InChI=1S/C12H11ClN2O2/c1-7-4-5-17-11(7)12(16)15-10-3-2-8(14)6-9(10)13/h2-6H,14H2,1H3,(H,15,16). The van der Waals surface area contributed by atoms with E-state index in [2.05, 4.69) is 5.32 Å². The second kappa shape index (κ2) is 4.51. The fourth-order valence-electron chi connectivity index (χ4n) is 1.42. The van der Waals surface area contributed by atoms with Gasteiger partial charge >= 0.3 is 0 Å². The summed E-state index contributed by atoms with van der Waals surface area (Å²) >= 11 is 5.95. The second-order valence-corrected chi connectivity index (χ2v) is 4.03. The summed E-state index contributed by atoms with van der Waals surface area (Å²) in [7, 11) is 0. The van der Waals surface area contributed by atoms with Crippen LogP contribution >= 0.6 is 11.6 Å². The van der Waals surface area contributed by atoms with E-state index < -0.39 is 0 Å². The summed E-state index contributed by atoms with van der Waals surface area (Å²) in [6, 6.07) is 6.61. The predicted octanol–water partition coefficient (Wildman–Crippen LogP) is 3.08. The number of carbonyl (C=O) groups is 1. The van der Waals surface area contributed by atoms with Gasteiger partial charge in [0.05, 0.1) is 17.0 Å². The molecule has 0 fully saturated rings. The number of rotatable bonds is 2. The first-order chi connectivity index (χ1) is 8.08. The summed E-state index contributed by atoms with van der Waals surface area (Å²) in [5.41, 5.74) is 7.38. The van der Waals surface area contributed by atoms with Gasteiger partial charge in [0.25, 0.3) is 5.91 Å². The van der Waals surface area contributed by atoms with Crippen molar-refractivity contribution in [3.8, 4) is 0 Å². The first kappa shape index (κ1) is 11.5. The fourth-order valence-corrected chi connectivity index (χ4v) is 1.65. The minimum Gasteiger partial charge on any atom is -0.459 e. The lowest BCUT2D eigenvalue weighted by Crippen LogP contribution is -2.12. The van der Waals surface area contributed by atoms with Crippen LogP contribution in [0.4, 0.5) is 11.4 Å². The fraction of sp³-hybridized carbons (Fsp3) is 0.0833. The van der Waals surface area contributed by atoms with Crippen molar-refractivity contribution in [1.82, 2.24) is 0 Å². The molecule has 0 radical (unpaired) electrons. The van der Waals surface area contributed by atoms with Crippen LogP contribution < -0.4 is 11.1 Å². The summed E-state index contributed by atoms with van der Waals surface area (Å²) in [4.78, 5) is 11.8. The highest BCUT2D eigenvalue weighted by atomic mass is 35.5. The van der Waals surface area contributed by atoms with Crippen molar-refractivity contribution in [2.24, 2.45) is 0 Å². The lowest BCUT2D eigenvalue weighted by molar-refractivity contribution is 0.0996. The molecule has 1 amide bonds. The first-order valence-corrected chi connectivity index (χ1v) is 5.36. The van der Waals surface area contributed by atoms with Gasteiger partial charge in [-0.1, -0.05) is 11.6 Å². The molecule has 88 valence electrons. The Kier molecular flexibility index (Phi) is 3.06. The molecule has 1 heterocycles. The zero-order valence-electron chi connectivity index (χ0n) is 9.16. The number of aryl methyl sites for hydroxylation is 1. The highest BCUT2D eigenvalue weighted by Gasteiger charge is 2.13. The van der Waals surface area contributed by atoms with E-state index in [0.29, 0.717) is 16.4 Å². The normalized spacial score (nSPS) is 10.2. The number of halogens is 1.